The van der Waals surface area contributed by atoms with Crippen molar-refractivity contribution in [3.05, 3.63) is 0 Å². The fourth-order valence-electron chi connectivity index (χ4n) is 4.48. The minimum absolute atomic E-state index is 0.174. The Hall–Kier alpha value is -0.650. The third kappa shape index (κ3) is 3.89. The molecule has 3 rings (SSSR count). The normalized spacial score (nSPS) is 33.5. The van der Waals surface area contributed by atoms with Gasteiger partial charge in [0.1, 0.15) is 6.10 Å². The zero-order valence-electron chi connectivity index (χ0n) is 14.7. The summed E-state index contributed by atoms with van der Waals surface area (Å²) < 4.78 is 11.4. The quantitative estimate of drug-likeness (QED) is 0.750. The summed E-state index contributed by atoms with van der Waals surface area (Å²) in [6, 6.07) is 0.940. The van der Waals surface area contributed by atoms with Gasteiger partial charge in [0.25, 0.3) is 5.91 Å². The first-order chi connectivity index (χ1) is 11.2. The lowest BCUT2D eigenvalue weighted by Crippen LogP contribution is -2.51. The Bertz CT molecular complexity index is 398. The van der Waals surface area contributed by atoms with Gasteiger partial charge in [-0.05, 0) is 58.5 Å². The molecule has 1 amide bonds. The van der Waals surface area contributed by atoms with E-state index in [1.807, 2.05) is 6.92 Å². The van der Waals surface area contributed by atoms with E-state index >= 15 is 0 Å². The van der Waals surface area contributed by atoms with E-state index in [-0.39, 0.29) is 18.1 Å². The molecule has 3 saturated heterocycles. The van der Waals surface area contributed by atoms with E-state index in [2.05, 4.69) is 16.7 Å². The third-order valence-electron chi connectivity index (χ3n) is 5.75. The van der Waals surface area contributed by atoms with Gasteiger partial charge in [0.2, 0.25) is 0 Å². The second-order valence-electron chi connectivity index (χ2n) is 7.19. The summed E-state index contributed by atoms with van der Waals surface area (Å²) in [5.41, 5.74) is 0. The molecule has 5 nitrogen and oxygen atoms in total. The van der Waals surface area contributed by atoms with Crippen LogP contribution < -0.4 is 0 Å². The van der Waals surface area contributed by atoms with E-state index in [0.717, 1.165) is 45.4 Å². The van der Waals surface area contributed by atoms with Crippen molar-refractivity contribution in [2.24, 2.45) is 0 Å². The molecule has 3 aliphatic heterocycles. The lowest BCUT2D eigenvalue weighted by atomic mass is 10.0. The number of nitrogens with zero attached hydrogens (tertiary/aromatic N) is 2. The highest BCUT2D eigenvalue weighted by Gasteiger charge is 2.40. The summed E-state index contributed by atoms with van der Waals surface area (Å²) in [6.07, 6.45) is 6.77. The third-order valence-corrected chi connectivity index (χ3v) is 5.75. The molecular weight excluding hydrogens is 292 g/mol. The monoisotopic (exact) mass is 324 g/mol. The maximum atomic E-state index is 12.9. The molecule has 23 heavy (non-hydrogen) atoms. The number of rotatable bonds is 6. The van der Waals surface area contributed by atoms with E-state index < -0.39 is 0 Å². The van der Waals surface area contributed by atoms with Crippen molar-refractivity contribution in [3.8, 4) is 0 Å². The number of likely N-dealkylation sites (N-methyl/N-ethyl adjacent to an activating group) is 1. The molecule has 3 heterocycles. The molecule has 0 aromatic carbocycles. The summed E-state index contributed by atoms with van der Waals surface area (Å²) in [5, 5.41) is 0. The largest absolute Gasteiger partial charge is 0.376 e. The SMILES string of the molecule is CCN1CCC[C@@H]1[C@@H]1CCCN1C(=O)[C@H](C)OC[C@@H]1CCCO1. The Kier molecular flexibility index (Phi) is 5.94. The average Bonchev–Trinajstić information content (AvgIpc) is 3.31. The van der Waals surface area contributed by atoms with Crippen LogP contribution in [0, 0.1) is 0 Å². The minimum Gasteiger partial charge on any atom is -0.376 e. The maximum Gasteiger partial charge on any atom is 0.251 e. The molecule has 0 aromatic rings. The second kappa shape index (κ2) is 7.95. The molecule has 0 unspecified atom stereocenters. The van der Waals surface area contributed by atoms with Crippen molar-refractivity contribution in [1.82, 2.24) is 9.80 Å². The molecule has 3 aliphatic rings. The smallest absolute Gasteiger partial charge is 0.251 e. The van der Waals surface area contributed by atoms with Crippen LogP contribution in [0.15, 0.2) is 0 Å². The molecule has 0 N–H and O–H groups in total. The minimum atomic E-state index is -0.351. The second-order valence-corrected chi connectivity index (χ2v) is 7.19. The van der Waals surface area contributed by atoms with Gasteiger partial charge in [0, 0.05) is 25.2 Å². The number of hydrogen-bond acceptors (Lipinski definition) is 4. The predicted molar refractivity (Wildman–Crippen MR) is 89.4 cm³/mol. The molecular formula is C18H32N2O3. The van der Waals surface area contributed by atoms with Crippen LogP contribution in [0.2, 0.25) is 0 Å². The van der Waals surface area contributed by atoms with E-state index in [4.69, 9.17) is 9.47 Å². The van der Waals surface area contributed by atoms with Gasteiger partial charge in [-0.1, -0.05) is 6.92 Å². The van der Waals surface area contributed by atoms with Gasteiger partial charge in [0.05, 0.1) is 12.7 Å². The Balaban J connectivity index is 1.54. The average molecular weight is 324 g/mol. The molecule has 4 atom stereocenters. The summed E-state index contributed by atoms with van der Waals surface area (Å²) in [5.74, 6) is 0.174. The molecule has 0 saturated carbocycles. The van der Waals surface area contributed by atoms with Gasteiger partial charge in [-0.3, -0.25) is 9.69 Å². The van der Waals surface area contributed by atoms with Gasteiger partial charge in [-0.25, -0.2) is 0 Å². The fraction of sp³-hybridized carbons (Fsp3) is 0.944. The molecule has 3 fully saturated rings. The highest BCUT2D eigenvalue weighted by molar-refractivity contribution is 5.81. The zero-order valence-corrected chi connectivity index (χ0v) is 14.7. The molecule has 0 bridgehead atoms. The molecule has 5 heteroatoms. The Labute approximate surface area is 140 Å². The highest BCUT2D eigenvalue weighted by Crippen LogP contribution is 2.30. The number of carbonyl (C=O) groups is 1. The van der Waals surface area contributed by atoms with Crippen LogP contribution in [0.3, 0.4) is 0 Å². The van der Waals surface area contributed by atoms with Crippen LogP contribution >= 0.6 is 0 Å². The van der Waals surface area contributed by atoms with Gasteiger partial charge < -0.3 is 14.4 Å². The Morgan fingerprint density at radius 3 is 2.70 bits per heavy atom. The number of ether oxygens (including phenoxy) is 2. The van der Waals surface area contributed by atoms with E-state index in [1.165, 1.54) is 19.4 Å². The first-order valence-electron chi connectivity index (χ1n) is 9.48. The van der Waals surface area contributed by atoms with Crippen molar-refractivity contribution >= 4 is 5.91 Å². The van der Waals surface area contributed by atoms with Crippen molar-refractivity contribution in [3.63, 3.8) is 0 Å². The topological polar surface area (TPSA) is 42.0 Å². The number of likely N-dealkylation sites (tertiary alicyclic amines) is 2. The van der Waals surface area contributed by atoms with Crippen LogP contribution in [0.25, 0.3) is 0 Å². The lowest BCUT2D eigenvalue weighted by Gasteiger charge is -2.35. The number of carbonyl (C=O) groups excluding carboxylic acids is 1. The van der Waals surface area contributed by atoms with E-state index in [9.17, 15) is 4.79 Å². The summed E-state index contributed by atoms with van der Waals surface area (Å²) in [4.78, 5) is 17.5. The maximum absolute atomic E-state index is 12.9. The highest BCUT2D eigenvalue weighted by atomic mass is 16.5. The number of hydrogen-bond donors (Lipinski definition) is 0. The Morgan fingerprint density at radius 2 is 1.96 bits per heavy atom. The predicted octanol–water partition coefficient (Wildman–Crippen LogP) is 2.05. The molecule has 132 valence electrons. The molecule has 0 aromatic heterocycles. The number of amides is 1. The van der Waals surface area contributed by atoms with Crippen LogP contribution in [0.5, 0.6) is 0 Å². The van der Waals surface area contributed by atoms with Crippen LogP contribution in [-0.4, -0.2) is 72.8 Å². The lowest BCUT2D eigenvalue weighted by molar-refractivity contribution is -0.146. The molecule has 0 aliphatic carbocycles. The first-order valence-corrected chi connectivity index (χ1v) is 9.48. The van der Waals surface area contributed by atoms with Crippen LogP contribution in [-0.2, 0) is 14.3 Å². The standard InChI is InChI=1S/C18H32N2O3/c1-3-19-10-4-8-16(19)17-9-5-11-20(17)18(21)14(2)23-13-15-7-6-12-22-15/h14-17H,3-13H2,1-2H3/t14-,15-,16+,17-/m0/s1. The van der Waals surface area contributed by atoms with Gasteiger partial charge in [-0.2, -0.15) is 0 Å². The summed E-state index contributed by atoms with van der Waals surface area (Å²) >= 11 is 0. The summed E-state index contributed by atoms with van der Waals surface area (Å²) in [7, 11) is 0. The van der Waals surface area contributed by atoms with Gasteiger partial charge >= 0.3 is 0 Å². The van der Waals surface area contributed by atoms with Crippen molar-refractivity contribution in [2.45, 2.75) is 76.7 Å². The van der Waals surface area contributed by atoms with Gasteiger partial charge in [-0.15, -0.1) is 0 Å². The Morgan fingerprint density at radius 1 is 1.17 bits per heavy atom. The van der Waals surface area contributed by atoms with Crippen LogP contribution in [0.1, 0.15) is 52.4 Å². The first kappa shape index (κ1) is 17.2. The van der Waals surface area contributed by atoms with Crippen molar-refractivity contribution in [1.29, 1.82) is 0 Å². The molecule has 0 radical (unpaired) electrons. The van der Waals surface area contributed by atoms with Crippen molar-refractivity contribution in [2.75, 3.05) is 32.8 Å². The van der Waals surface area contributed by atoms with E-state index in [0.29, 0.717) is 18.7 Å². The molecule has 0 spiro atoms. The zero-order chi connectivity index (χ0) is 16.2. The summed E-state index contributed by atoms with van der Waals surface area (Å²) in [6.45, 7) is 8.69. The van der Waals surface area contributed by atoms with E-state index in [1.54, 1.807) is 0 Å². The van der Waals surface area contributed by atoms with Crippen molar-refractivity contribution < 1.29 is 14.3 Å². The fourth-order valence-corrected chi connectivity index (χ4v) is 4.48. The van der Waals surface area contributed by atoms with Crippen LogP contribution in [0.4, 0.5) is 0 Å². The van der Waals surface area contributed by atoms with Gasteiger partial charge in [0.15, 0.2) is 0 Å².